The maximum Gasteiger partial charge on any atom is 0.0421 e. The zero-order chi connectivity index (χ0) is 13.1. The lowest BCUT2D eigenvalue weighted by atomic mass is 10.0. The van der Waals surface area contributed by atoms with Crippen molar-refractivity contribution >= 4 is 21.4 Å². The van der Waals surface area contributed by atoms with E-state index in [1.54, 1.807) is 0 Å². The van der Waals surface area contributed by atoms with Gasteiger partial charge in [-0.1, -0.05) is 43.3 Å². The van der Waals surface area contributed by atoms with Gasteiger partial charge in [0, 0.05) is 11.2 Å². The molecular formula is C17H17NS. The van der Waals surface area contributed by atoms with Crippen molar-refractivity contribution in [1.29, 1.82) is 0 Å². The summed E-state index contributed by atoms with van der Waals surface area (Å²) in [6, 6.07) is 17.5. The summed E-state index contributed by atoms with van der Waals surface area (Å²) < 4.78 is 1.38. The first kappa shape index (κ1) is 12.4. The Bertz CT molecular complexity index is 684. The van der Waals surface area contributed by atoms with Gasteiger partial charge in [0.2, 0.25) is 0 Å². The lowest BCUT2D eigenvalue weighted by Gasteiger charge is -2.07. The van der Waals surface area contributed by atoms with E-state index in [1.165, 1.54) is 26.8 Å². The van der Waals surface area contributed by atoms with Gasteiger partial charge in [-0.25, -0.2) is 0 Å². The van der Waals surface area contributed by atoms with Crippen LogP contribution in [0.4, 0.5) is 0 Å². The summed E-state index contributed by atoms with van der Waals surface area (Å²) in [4.78, 5) is 0. The van der Waals surface area contributed by atoms with E-state index in [4.69, 9.17) is 0 Å². The summed E-state index contributed by atoms with van der Waals surface area (Å²) >= 11 is 1.82. The second-order valence-corrected chi connectivity index (χ2v) is 5.54. The lowest BCUT2D eigenvalue weighted by Crippen LogP contribution is -2.11. The van der Waals surface area contributed by atoms with Crippen LogP contribution in [-0.2, 0) is 6.54 Å². The van der Waals surface area contributed by atoms with Crippen LogP contribution < -0.4 is 5.32 Å². The number of hydrogen-bond acceptors (Lipinski definition) is 2. The standard InChI is InChI=1S/C17H17NS/c1-2-18-12-13-5-3-7-15(11-13)16-8-4-6-14-9-10-19-17(14)16/h3-11,18H,2,12H2,1H3. The number of thiophene rings is 1. The Morgan fingerprint density at radius 3 is 2.84 bits per heavy atom. The third-order valence-electron chi connectivity index (χ3n) is 3.30. The van der Waals surface area contributed by atoms with Crippen LogP contribution in [-0.4, -0.2) is 6.54 Å². The molecule has 0 saturated carbocycles. The van der Waals surface area contributed by atoms with Crippen molar-refractivity contribution in [2.75, 3.05) is 6.54 Å². The van der Waals surface area contributed by atoms with Gasteiger partial charge in [0.1, 0.15) is 0 Å². The molecule has 19 heavy (non-hydrogen) atoms. The topological polar surface area (TPSA) is 12.0 Å². The fourth-order valence-electron chi connectivity index (χ4n) is 2.34. The summed E-state index contributed by atoms with van der Waals surface area (Å²) in [5.74, 6) is 0. The summed E-state index contributed by atoms with van der Waals surface area (Å²) in [6.45, 7) is 4.08. The second-order valence-electron chi connectivity index (χ2n) is 4.63. The van der Waals surface area contributed by atoms with Crippen LogP contribution in [0.5, 0.6) is 0 Å². The number of hydrogen-bond donors (Lipinski definition) is 1. The molecule has 0 aliphatic carbocycles. The van der Waals surface area contributed by atoms with E-state index in [2.05, 4.69) is 66.2 Å². The molecule has 0 fully saturated rings. The number of benzene rings is 2. The Hall–Kier alpha value is -1.64. The highest BCUT2D eigenvalue weighted by atomic mass is 32.1. The molecule has 0 aliphatic rings. The molecule has 0 unspecified atom stereocenters. The molecule has 96 valence electrons. The molecule has 1 aromatic heterocycles. The van der Waals surface area contributed by atoms with E-state index in [0.717, 1.165) is 13.1 Å². The maximum atomic E-state index is 3.38. The first-order chi connectivity index (χ1) is 9.38. The zero-order valence-corrected chi connectivity index (χ0v) is 11.8. The minimum absolute atomic E-state index is 0.935. The molecule has 0 bridgehead atoms. The van der Waals surface area contributed by atoms with Crippen LogP contribution in [0.2, 0.25) is 0 Å². The smallest absolute Gasteiger partial charge is 0.0421 e. The third kappa shape index (κ3) is 2.55. The molecule has 0 amide bonds. The third-order valence-corrected chi connectivity index (χ3v) is 4.26. The lowest BCUT2D eigenvalue weighted by molar-refractivity contribution is 0.727. The van der Waals surface area contributed by atoms with Gasteiger partial charge in [0.25, 0.3) is 0 Å². The molecule has 3 rings (SSSR count). The van der Waals surface area contributed by atoms with E-state index >= 15 is 0 Å². The minimum Gasteiger partial charge on any atom is -0.313 e. The largest absolute Gasteiger partial charge is 0.313 e. The Morgan fingerprint density at radius 1 is 1.05 bits per heavy atom. The quantitative estimate of drug-likeness (QED) is 0.724. The fraction of sp³-hybridized carbons (Fsp3) is 0.176. The SMILES string of the molecule is CCNCc1cccc(-c2cccc3ccsc23)c1. The monoisotopic (exact) mass is 267 g/mol. The van der Waals surface area contributed by atoms with Gasteiger partial charge >= 0.3 is 0 Å². The van der Waals surface area contributed by atoms with Gasteiger partial charge in [-0.3, -0.25) is 0 Å². The Labute approximate surface area is 117 Å². The average Bonchev–Trinajstić information content (AvgIpc) is 2.93. The highest BCUT2D eigenvalue weighted by Crippen LogP contribution is 2.32. The molecule has 0 spiro atoms. The Balaban J connectivity index is 2.03. The van der Waals surface area contributed by atoms with Gasteiger partial charge in [-0.2, -0.15) is 0 Å². The highest BCUT2D eigenvalue weighted by molar-refractivity contribution is 7.17. The van der Waals surface area contributed by atoms with E-state index in [1.807, 2.05) is 11.3 Å². The predicted molar refractivity (Wildman–Crippen MR) is 84.6 cm³/mol. The molecule has 2 aromatic carbocycles. The molecule has 3 aromatic rings. The van der Waals surface area contributed by atoms with Crippen LogP contribution in [0.3, 0.4) is 0 Å². The zero-order valence-electron chi connectivity index (χ0n) is 11.0. The van der Waals surface area contributed by atoms with E-state index in [0.29, 0.717) is 0 Å². The predicted octanol–water partition coefficient (Wildman–Crippen LogP) is 4.68. The van der Waals surface area contributed by atoms with Crippen molar-refractivity contribution < 1.29 is 0 Å². The van der Waals surface area contributed by atoms with Gasteiger partial charge in [0.15, 0.2) is 0 Å². The van der Waals surface area contributed by atoms with Crippen molar-refractivity contribution in [3.05, 3.63) is 59.5 Å². The summed E-state index contributed by atoms with van der Waals surface area (Å²) in [6.07, 6.45) is 0. The normalized spacial score (nSPS) is 11.0. The van der Waals surface area contributed by atoms with Gasteiger partial charge < -0.3 is 5.32 Å². The second kappa shape index (κ2) is 5.55. The molecular weight excluding hydrogens is 250 g/mol. The van der Waals surface area contributed by atoms with Crippen LogP contribution in [0.1, 0.15) is 12.5 Å². The van der Waals surface area contributed by atoms with Crippen molar-refractivity contribution in [2.24, 2.45) is 0 Å². The van der Waals surface area contributed by atoms with Gasteiger partial charge in [-0.15, -0.1) is 11.3 Å². The van der Waals surface area contributed by atoms with Crippen molar-refractivity contribution in [3.8, 4) is 11.1 Å². The highest BCUT2D eigenvalue weighted by Gasteiger charge is 2.05. The first-order valence-corrected chi connectivity index (χ1v) is 7.52. The molecule has 0 radical (unpaired) electrons. The minimum atomic E-state index is 0.935. The number of rotatable bonds is 4. The molecule has 0 atom stereocenters. The number of nitrogens with one attached hydrogen (secondary N) is 1. The van der Waals surface area contributed by atoms with Crippen LogP contribution in [0, 0.1) is 0 Å². The summed E-state index contributed by atoms with van der Waals surface area (Å²) in [5, 5.41) is 6.87. The van der Waals surface area contributed by atoms with E-state index < -0.39 is 0 Å². The first-order valence-electron chi connectivity index (χ1n) is 6.64. The summed E-state index contributed by atoms with van der Waals surface area (Å²) in [5.41, 5.74) is 3.99. The van der Waals surface area contributed by atoms with Crippen molar-refractivity contribution in [2.45, 2.75) is 13.5 Å². The fourth-order valence-corrected chi connectivity index (χ4v) is 3.27. The van der Waals surface area contributed by atoms with Crippen LogP contribution in [0.15, 0.2) is 53.9 Å². The van der Waals surface area contributed by atoms with E-state index in [9.17, 15) is 0 Å². The van der Waals surface area contributed by atoms with Crippen molar-refractivity contribution in [3.63, 3.8) is 0 Å². The van der Waals surface area contributed by atoms with Crippen LogP contribution >= 0.6 is 11.3 Å². The van der Waals surface area contributed by atoms with Gasteiger partial charge in [0.05, 0.1) is 0 Å². The molecule has 0 saturated heterocycles. The maximum absolute atomic E-state index is 3.38. The molecule has 0 aliphatic heterocycles. The van der Waals surface area contributed by atoms with Gasteiger partial charge in [-0.05, 0) is 46.1 Å². The Kier molecular flexibility index (Phi) is 3.62. The Morgan fingerprint density at radius 2 is 1.95 bits per heavy atom. The molecule has 1 N–H and O–H groups in total. The average molecular weight is 267 g/mol. The van der Waals surface area contributed by atoms with E-state index in [-0.39, 0.29) is 0 Å². The molecule has 2 heteroatoms. The van der Waals surface area contributed by atoms with Crippen LogP contribution in [0.25, 0.3) is 21.2 Å². The van der Waals surface area contributed by atoms with Crippen molar-refractivity contribution in [1.82, 2.24) is 5.32 Å². The molecule has 1 heterocycles. The summed E-state index contributed by atoms with van der Waals surface area (Å²) in [7, 11) is 0. The number of fused-ring (bicyclic) bond motifs is 1. The molecule has 1 nitrogen and oxygen atoms in total.